The minimum atomic E-state index is -0.179. The highest BCUT2D eigenvalue weighted by atomic mass is 16.2. The Hall–Kier alpha value is -1.29. The van der Waals surface area contributed by atoms with Crippen molar-refractivity contribution in [1.82, 2.24) is 15.2 Å². The molecular formula is C16H29N3O. The maximum absolute atomic E-state index is 11.9. The molecule has 114 valence electrons. The molecule has 4 nitrogen and oxygen atoms in total. The van der Waals surface area contributed by atoms with E-state index < -0.39 is 0 Å². The fourth-order valence-corrected chi connectivity index (χ4v) is 2.31. The van der Waals surface area contributed by atoms with Gasteiger partial charge < -0.3 is 15.2 Å². The molecule has 0 radical (unpaired) electrons. The van der Waals surface area contributed by atoms with E-state index in [9.17, 15) is 4.79 Å². The summed E-state index contributed by atoms with van der Waals surface area (Å²) in [5.74, 6) is 0.0511. The average molecular weight is 279 g/mol. The first-order chi connectivity index (χ1) is 9.35. The molecule has 0 aliphatic rings. The maximum atomic E-state index is 11.9. The van der Waals surface area contributed by atoms with E-state index in [0.29, 0.717) is 12.6 Å². The first-order valence-corrected chi connectivity index (χ1v) is 7.55. The zero-order valence-electron chi connectivity index (χ0n) is 13.5. The van der Waals surface area contributed by atoms with Gasteiger partial charge in [0.2, 0.25) is 5.91 Å². The topological polar surface area (TPSA) is 46.1 Å². The Kier molecular flexibility index (Phi) is 6.27. The van der Waals surface area contributed by atoms with Crippen LogP contribution >= 0.6 is 0 Å². The zero-order valence-corrected chi connectivity index (χ0v) is 13.5. The van der Waals surface area contributed by atoms with Crippen molar-refractivity contribution in [2.24, 2.45) is 0 Å². The first-order valence-electron chi connectivity index (χ1n) is 7.55. The molecule has 1 unspecified atom stereocenters. The number of nitrogens with zero attached hydrogens (tertiary/aromatic N) is 1. The number of amides is 1. The second kappa shape index (κ2) is 7.48. The Morgan fingerprint density at radius 3 is 2.60 bits per heavy atom. The van der Waals surface area contributed by atoms with Crippen LogP contribution in [0.25, 0.3) is 0 Å². The highest BCUT2D eigenvalue weighted by molar-refractivity contribution is 5.76. The Balaban J connectivity index is 2.64. The van der Waals surface area contributed by atoms with E-state index in [0.717, 1.165) is 19.4 Å². The van der Waals surface area contributed by atoms with Crippen LogP contribution in [0.3, 0.4) is 0 Å². The SMILES string of the molecule is CCCC(NCC)c1ccn(CC(=O)NC(C)(C)C)c1. The quantitative estimate of drug-likeness (QED) is 0.806. The second-order valence-electron chi connectivity index (χ2n) is 6.31. The smallest absolute Gasteiger partial charge is 0.240 e. The molecule has 0 fully saturated rings. The third-order valence-corrected chi connectivity index (χ3v) is 3.04. The molecular weight excluding hydrogens is 250 g/mol. The van der Waals surface area contributed by atoms with E-state index in [1.807, 2.05) is 31.5 Å². The lowest BCUT2D eigenvalue weighted by Gasteiger charge is -2.20. The van der Waals surface area contributed by atoms with Crippen molar-refractivity contribution in [3.8, 4) is 0 Å². The van der Waals surface area contributed by atoms with Crippen molar-refractivity contribution in [3.05, 3.63) is 24.0 Å². The van der Waals surface area contributed by atoms with Crippen molar-refractivity contribution in [2.75, 3.05) is 6.54 Å². The molecule has 1 heterocycles. The first kappa shape index (κ1) is 16.8. The highest BCUT2D eigenvalue weighted by Gasteiger charge is 2.15. The monoisotopic (exact) mass is 279 g/mol. The molecule has 0 aliphatic carbocycles. The number of hydrogen-bond acceptors (Lipinski definition) is 2. The fraction of sp³-hybridized carbons (Fsp3) is 0.688. The van der Waals surface area contributed by atoms with Gasteiger partial charge >= 0.3 is 0 Å². The van der Waals surface area contributed by atoms with E-state index in [2.05, 4.69) is 36.7 Å². The van der Waals surface area contributed by atoms with Gasteiger partial charge in [-0.05, 0) is 45.4 Å². The van der Waals surface area contributed by atoms with Crippen molar-refractivity contribution in [2.45, 2.75) is 65.6 Å². The van der Waals surface area contributed by atoms with Crippen molar-refractivity contribution in [1.29, 1.82) is 0 Å². The summed E-state index contributed by atoms with van der Waals surface area (Å²) in [5.41, 5.74) is 1.08. The van der Waals surface area contributed by atoms with Gasteiger partial charge in [-0.3, -0.25) is 4.79 Å². The summed E-state index contributed by atoms with van der Waals surface area (Å²) in [6.07, 6.45) is 6.32. The predicted molar refractivity (Wildman–Crippen MR) is 83.7 cm³/mol. The summed E-state index contributed by atoms with van der Waals surface area (Å²) >= 11 is 0. The Morgan fingerprint density at radius 1 is 1.35 bits per heavy atom. The molecule has 0 saturated heterocycles. The number of rotatable bonds is 7. The number of hydrogen-bond donors (Lipinski definition) is 2. The third-order valence-electron chi connectivity index (χ3n) is 3.04. The summed E-state index contributed by atoms with van der Waals surface area (Å²) < 4.78 is 1.95. The Labute approximate surface area is 122 Å². The lowest BCUT2D eigenvalue weighted by molar-refractivity contribution is -0.123. The van der Waals surface area contributed by atoms with Crippen molar-refractivity contribution < 1.29 is 4.79 Å². The summed E-state index contributed by atoms with van der Waals surface area (Å²) in [7, 11) is 0. The van der Waals surface area contributed by atoms with Crippen LogP contribution < -0.4 is 10.6 Å². The second-order valence-corrected chi connectivity index (χ2v) is 6.31. The van der Waals surface area contributed by atoms with Crippen LogP contribution in [-0.4, -0.2) is 22.6 Å². The molecule has 1 aromatic rings. The van der Waals surface area contributed by atoms with E-state index in [4.69, 9.17) is 0 Å². The van der Waals surface area contributed by atoms with Crippen molar-refractivity contribution >= 4 is 5.91 Å². The summed E-state index contributed by atoms with van der Waals surface area (Å²) in [6.45, 7) is 11.6. The Morgan fingerprint density at radius 2 is 2.05 bits per heavy atom. The lowest BCUT2D eigenvalue weighted by Crippen LogP contribution is -2.42. The molecule has 1 aromatic heterocycles. The Bertz CT molecular complexity index is 412. The molecule has 0 aliphatic heterocycles. The van der Waals surface area contributed by atoms with Gasteiger partial charge in [0.25, 0.3) is 0 Å². The van der Waals surface area contributed by atoms with Gasteiger partial charge in [-0.15, -0.1) is 0 Å². The van der Waals surface area contributed by atoms with Crippen molar-refractivity contribution in [3.63, 3.8) is 0 Å². The molecule has 0 bridgehead atoms. The van der Waals surface area contributed by atoms with Gasteiger partial charge in [-0.2, -0.15) is 0 Å². The maximum Gasteiger partial charge on any atom is 0.240 e. The fourth-order valence-electron chi connectivity index (χ4n) is 2.31. The minimum absolute atomic E-state index is 0.0511. The van der Waals surface area contributed by atoms with E-state index in [-0.39, 0.29) is 11.4 Å². The molecule has 1 amide bonds. The van der Waals surface area contributed by atoms with Gasteiger partial charge in [-0.1, -0.05) is 20.3 Å². The number of carbonyl (C=O) groups is 1. The van der Waals surface area contributed by atoms with E-state index >= 15 is 0 Å². The highest BCUT2D eigenvalue weighted by Crippen LogP contribution is 2.18. The standard InChI is InChI=1S/C16H29N3O/c1-6-8-14(17-7-2)13-9-10-19(11-13)12-15(20)18-16(3,4)5/h9-11,14,17H,6-8,12H2,1-5H3,(H,18,20). The molecule has 1 rings (SSSR count). The largest absolute Gasteiger partial charge is 0.350 e. The minimum Gasteiger partial charge on any atom is -0.350 e. The molecule has 0 aromatic carbocycles. The number of aromatic nitrogens is 1. The van der Waals surface area contributed by atoms with Crippen LogP contribution in [0, 0.1) is 0 Å². The van der Waals surface area contributed by atoms with E-state index in [1.165, 1.54) is 5.56 Å². The molecule has 0 saturated carbocycles. The average Bonchev–Trinajstić information content (AvgIpc) is 2.74. The zero-order chi connectivity index (χ0) is 15.2. The normalized spacial score (nSPS) is 13.2. The van der Waals surface area contributed by atoms with Crippen LogP contribution in [0.1, 0.15) is 59.1 Å². The predicted octanol–water partition coefficient (Wildman–Crippen LogP) is 2.85. The van der Waals surface area contributed by atoms with Gasteiger partial charge in [0.1, 0.15) is 6.54 Å². The van der Waals surface area contributed by atoms with Crippen LogP contribution in [0.5, 0.6) is 0 Å². The summed E-state index contributed by atoms with van der Waals surface area (Å²) in [5, 5.41) is 6.47. The lowest BCUT2D eigenvalue weighted by atomic mass is 10.1. The molecule has 1 atom stereocenters. The summed E-state index contributed by atoms with van der Waals surface area (Å²) in [6, 6.07) is 2.49. The van der Waals surface area contributed by atoms with E-state index in [1.54, 1.807) is 0 Å². The van der Waals surface area contributed by atoms with Gasteiger partial charge in [-0.25, -0.2) is 0 Å². The van der Waals surface area contributed by atoms with Gasteiger partial charge in [0.15, 0.2) is 0 Å². The van der Waals surface area contributed by atoms with Crippen LogP contribution in [0.2, 0.25) is 0 Å². The van der Waals surface area contributed by atoms with Gasteiger partial charge in [0.05, 0.1) is 0 Å². The molecule has 4 heteroatoms. The van der Waals surface area contributed by atoms with Crippen LogP contribution in [0.15, 0.2) is 18.5 Å². The van der Waals surface area contributed by atoms with Crippen LogP contribution in [0.4, 0.5) is 0 Å². The number of nitrogens with one attached hydrogen (secondary N) is 2. The molecule has 2 N–H and O–H groups in total. The third kappa shape index (κ3) is 5.78. The van der Waals surface area contributed by atoms with Crippen LogP contribution in [-0.2, 0) is 11.3 Å². The number of carbonyl (C=O) groups excluding carboxylic acids is 1. The van der Waals surface area contributed by atoms with Gasteiger partial charge in [0, 0.05) is 24.0 Å². The molecule has 20 heavy (non-hydrogen) atoms. The summed E-state index contributed by atoms with van der Waals surface area (Å²) in [4.78, 5) is 11.9. The molecule has 0 spiro atoms.